The highest BCUT2D eigenvalue weighted by Crippen LogP contribution is 2.28. The Morgan fingerprint density at radius 2 is 2.20 bits per heavy atom. The molecule has 0 aromatic heterocycles. The van der Waals surface area contributed by atoms with Crippen LogP contribution < -0.4 is 5.73 Å². The van der Waals surface area contributed by atoms with Gasteiger partial charge in [0.15, 0.2) is 0 Å². The third kappa shape index (κ3) is 3.45. The van der Waals surface area contributed by atoms with Crippen molar-refractivity contribution in [2.45, 2.75) is 25.0 Å². The predicted molar refractivity (Wildman–Crippen MR) is 67.3 cm³/mol. The zero-order chi connectivity index (χ0) is 9.97. The minimum absolute atomic E-state index is 0. The zero-order valence-electron chi connectivity index (χ0n) is 8.36. The molecule has 2 N–H and O–H groups in total. The van der Waals surface area contributed by atoms with Crippen LogP contribution in [-0.4, -0.2) is 12.6 Å². The summed E-state index contributed by atoms with van der Waals surface area (Å²) in [6, 6.07) is 8.53. The smallest absolute Gasteiger partial charge is 0.0840 e. The Balaban J connectivity index is 0.00000112. The Labute approximate surface area is 105 Å². The number of halogens is 2. The van der Waals surface area contributed by atoms with Crippen LogP contribution in [0.1, 0.15) is 24.5 Å². The molecule has 2 atom stereocenters. The highest BCUT2D eigenvalue weighted by molar-refractivity contribution is 9.10. The molecule has 84 valence electrons. The second kappa shape index (κ2) is 5.85. The van der Waals surface area contributed by atoms with Crippen molar-refractivity contribution in [2.75, 3.05) is 6.61 Å². The van der Waals surface area contributed by atoms with Crippen LogP contribution in [0, 0.1) is 0 Å². The summed E-state index contributed by atoms with van der Waals surface area (Å²) in [5, 5.41) is 0. The quantitative estimate of drug-likeness (QED) is 0.863. The molecule has 0 spiro atoms. The molecule has 0 aliphatic carbocycles. The first kappa shape index (κ1) is 13.0. The maximum Gasteiger partial charge on any atom is 0.0840 e. The average molecular weight is 293 g/mol. The van der Waals surface area contributed by atoms with Crippen LogP contribution in [0.25, 0.3) is 0 Å². The summed E-state index contributed by atoms with van der Waals surface area (Å²) >= 11 is 3.46. The van der Waals surface area contributed by atoms with E-state index in [-0.39, 0.29) is 24.6 Å². The van der Waals surface area contributed by atoms with Crippen molar-refractivity contribution < 1.29 is 4.74 Å². The van der Waals surface area contributed by atoms with Gasteiger partial charge in [0.25, 0.3) is 0 Å². The van der Waals surface area contributed by atoms with E-state index in [1.165, 1.54) is 5.56 Å². The molecule has 0 radical (unpaired) electrons. The first-order valence-electron chi connectivity index (χ1n) is 4.88. The Hall–Kier alpha value is -0.0900. The molecule has 1 aliphatic heterocycles. The third-order valence-corrected chi connectivity index (χ3v) is 3.04. The number of nitrogens with two attached hydrogens (primary N) is 1. The first-order chi connectivity index (χ1) is 6.75. The van der Waals surface area contributed by atoms with Crippen molar-refractivity contribution in [1.82, 2.24) is 0 Å². The lowest BCUT2D eigenvalue weighted by molar-refractivity contribution is 0.00664. The molecule has 15 heavy (non-hydrogen) atoms. The summed E-state index contributed by atoms with van der Waals surface area (Å²) in [6.07, 6.45) is 2.08. The number of hydrogen-bond acceptors (Lipinski definition) is 2. The second-order valence-electron chi connectivity index (χ2n) is 3.70. The monoisotopic (exact) mass is 291 g/mol. The van der Waals surface area contributed by atoms with Gasteiger partial charge in [0.1, 0.15) is 0 Å². The van der Waals surface area contributed by atoms with Crippen molar-refractivity contribution in [3.63, 3.8) is 0 Å². The molecule has 0 bridgehead atoms. The van der Waals surface area contributed by atoms with E-state index in [1.807, 2.05) is 12.1 Å². The Morgan fingerprint density at radius 1 is 1.40 bits per heavy atom. The van der Waals surface area contributed by atoms with Gasteiger partial charge in [-0.05, 0) is 30.5 Å². The molecule has 1 saturated heterocycles. The Bertz CT molecular complexity index is 321. The van der Waals surface area contributed by atoms with Crippen molar-refractivity contribution in [2.24, 2.45) is 5.73 Å². The summed E-state index contributed by atoms with van der Waals surface area (Å²) in [5.74, 6) is 0. The van der Waals surface area contributed by atoms with Crippen molar-refractivity contribution in [3.05, 3.63) is 34.3 Å². The molecule has 4 heteroatoms. The van der Waals surface area contributed by atoms with E-state index in [1.54, 1.807) is 0 Å². The molecular formula is C11H15BrClNO. The van der Waals surface area contributed by atoms with Crippen LogP contribution >= 0.6 is 28.3 Å². The van der Waals surface area contributed by atoms with E-state index in [2.05, 4.69) is 28.1 Å². The minimum Gasteiger partial charge on any atom is -0.373 e. The van der Waals surface area contributed by atoms with Crippen molar-refractivity contribution in [3.8, 4) is 0 Å². The molecule has 1 fully saturated rings. The molecule has 1 aliphatic rings. The van der Waals surface area contributed by atoms with Crippen LogP contribution in [0.3, 0.4) is 0 Å². The van der Waals surface area contributed by atoms with Gasteiger partial charge in [0.2, 0.25) is 0 Å². The fourth-order valence-electron chi connectivity index (χ4n) is 1.76. The van der Waals surface area contributed by atoms with Crippen LogP contribution in [0.5, 0.6) is 0 Å². The zero-order valence-corrected chi connectivity index (χ0v) is 10.8. The van der Waals surface area contributed by atoms with Gasteiger partial charge in [-0.1, -0.05) is 28.1 Å². The summed E-state index contributed by atoms with van der Waals surface area (Å²) in [4.78, 5) is 0. The molecule has 1 heterocycles. The highest BCUT2D eigenvalue weighted by Gasteiger charge is 2.21. The van der Waals surface area contributed by atoms with Gasteiger partial charge >= 0.3 is 0 Å². The normalized spacial score (nSPS) is 25.7. The van der Waals surface area contributed by atoms with Gasteiger partial charge in [0, 0.05) is 17.1 Å². The topological polar surface area (TPSA) is 35.2 Å². The SMILES string of the molecule is Cl.NC1CCOC(c2cccc(Br)c2)C1. The molecule has 0 amide bonds. The molecule has 0 saturated carbocycles. The van der Waals surface area contributed by atoms with Crippen molar-refractivity contribution in [1.29, 1.82) is 0 Å². The molecule has 2 nitrogen and oxygen atoms in total. The maximum absolute atomic E-state index is 5.91. The second-order valence-corrected chi connectivity index (χ2v) is 4.61. The standard InChI is InChI=1S/C11H14BrNO.ClH/c12-9-3-1-2-8(6-9)11-7-10(13)4-5-14-11;/h1-3,6,10-11H,4-5,7,13H2;1H. The van der Waals surface area contributed by atoms with E-state index in [0.29, 0.717) is 0 Å². The predicted octanol–water partition coefficient (Wildman–Crippen LogP) is 3.05. The van der Waals surface area contributed by atoms with Gasteiger partial charge in [-0.25, -0.2) is 0 Å². The van der Waals surface area contributed by atoms with Crippen molar-refractivity contribution >= 4 is 28.3 Å². The fraction of sp³-hybridized carbons (Fsp3) is 0.455. The first-order valence-corrected chi connectivity index (χ1v) is 5.67. The van der Waals surface area contributed by atoms with Gasteiger partial charge < -0.3 is 10.5 Å². The Morgan fingerprint density at radius 3 is 2.87 bits per heavy atom. The number of ether oxygens (including phenoxy) is 1. The highest BCUT2D eigenvalue weighted by atomic mass is 79.9. The van der Waals surface area contributed by atoms with E-state index in [0.717, 1.165) is 23.9 Å². The van der Waals surface area contributed by atoms with E-state index < -0.39 is 0 Å². The maximum atomic E-state index is 5.91. The van der Waals surface area contributed by atoms with E-state index >= 15 is 0 Å². The summed E-state index contributed by atoms with van der Waals surface area (Å²) in [6.45, 7) is 0.776. The van der Waals surface area contributed by atoms with Gasteiger partial charge in [-0.15, -0.1) is 12.4 Å². The lowest BCUT2D eigenvalue weighted by atomic mass is 9.98. The number of hydrogen-bond donors (Lipinski definition) is 1. The van der Waals surface area contributed by atoms with Gasteiger partial charge in [0.05, 0.1) is 6.10 Å². The summed E-state index contributed by atoms with van der Waals surface area (Å²) < 4.78 is 6.78. The summed E-state index contributed by atoms with van der Waals surface area (Å²) in [5.41, 5.74) is 7.13. The molecule has 2 rings (SSSR count). The lowest BCUT2D eigenvalue weighted by Gasteiger charge is -2.27. The van der Waals surface area contributed by atoms with Gasteiger partial charge in [-0.3, -0.25) is 0 Å². The Kier molecular flexibility index (Phi) is 5.06. The molecule has 2 unspecified atom stereocenters. The summed E-state index contributed by atoms with van der Waals surface area (Å²) in [7, 11) is 0. The number of benzene rings is 1. The van der Waals surface area contributed by atoms with Crippen LogP contribution in [0.15, 0.2) is 28.7 Å². The van der Waals surface area contributed by atoms with Crippen LogP contribution in [-0.2, 0) is 4.74 Å². The lowest BCUT2D eigenvalue weighted by Crippen LogP contribution is -2.30. The van der Waals surface area contributed by atoms with E-state index in [4.69, 9.17) is 10.5 Å². The third-order valence-electron chi connectivity index (χ3n) is 2.54. The van der Waals surface area contributed by atoms with E-state index in [9.17, 15) is 0 Å². The minimum atomic E-state index is 0. The number of rotatable bonds is 1. The van der Waals surface area contributed by atoms with Crippen LogP contribution in [0.4, 0.5) is 0 Å². The van der Waals surface area contributed by atoms with Gasteiger partial charge in [-0.2, -0.15) is 0 Å². The molecular weight excluding hydrogens is 277 g/mol. The molecule has 1 aromatic carbocycles. The largest absolute Gasteiger partial charge is 0.373 e. The average Bonchev–Trinajstić information content (AvgIpc) is 2.18. The van der Waals surface area contributed by atoms with Crippen LogP contribution in [0.2, 0.25) is 0 Å². The molecule has 1 aromatic rings. The fourth-order valence-corrected chi connectivity index (χ4v) is 2.18.